The first kappa shape index (κ1) is 15.5. The number of ether oxygens (including phenoxy) is 2. The van der Waals surface area contributed by atoms with Gasteiger partial charge in [0, 0.05) is 19.3 Å². The molecule has 3 rings (SSSR count). The highest BCUT2D eigenvalue weighted by molar-refractivity contribution is 6.31. The molecule has 0 radical (unpaired) electrons. The fraction of sp³-hybridized carbons (Fsp3) is 0.625. The van der Waals surface area contributed by atoms with Crippen LogP contribution in [0.2, 0.25) is 5.02 Å². The van der Waals surface area contributed by atoms with Crippen LogP contribution in [0.4, 0.5) is 5.82 Å². The van der Waals surface area contributed by atoms with Gasteiger partial charge < -0.3 is 14.4 Å². The third kappa shape index (κ3) is 2.79. The molecule has 22 heavy (non-hydrogen) atoms. The zero-order valence-electron chi connectivity index (χ0n) is 12.9. The molecule has 0 amide bonds. The van der Waals surface area contributed by atoms with Crippen molar-refractivity contribution in [2.24, 2.45) is 0 Å². The molecule has 6 heteroatoms. The van der Waals surface area contributed by atoms with Gasteiger partial charge in [0.25, 0.3) is 0 Å². The molecule has 5 nitrogen and oxygen atoms in total. The average Bonchev–Trinajstić information content (AvgIpc) is 2.49. The van der Waals surface area contributed by atoms with Gasteiger partial charge in [-0.3, -0.25) is 0 Å². The van der Waals surface area contributed by atoms with E-state index in [0.29, 0.717) is 36.1 Å². The number of aromatic nitrogens is 1. The Kier molecular flexibility index (Phi) is 4.26. The van der Waals surface area contributed by atoms with E-state index in [0.717, 1.165) is 25.0 Å². The molecule has 0 unspecified atom stereocenters. The number of pyridine rings is 1. The number of hydrogen-bond acceptors (Lipinski definition) is 5. The second-order valence-electron chi connectivity index (χ2n) is 6.19. The summed E-state index contributed by atoms with van der Waals surface area (Å²) in [6.07, 6.45) is 3.66. The number of nitrogens with zero attached hydrogens (tertiary/aromatic N) is 3. The van der Waals surface area contributed by atoms with Gasteiger partial charge in [-0.25, -0.2) is 4.98 Å². The van der Waals surface area contributed by atoms with Crippen LogP contribution >= 0.6 is 11.6 Å². The quantitative estimate of drug-likeness (QED) is 0.796. The van der Waals surface area contributed by atoms with Crippen LogP contribution in [0, 0.1) is 18.3 Å². The summed E-state index contributed by atoms with van der Waals surface area (Å²) in [7, 11) is 0. The molecule has 1 aromatic rings. The Balaban J connectivity index is 1.94. The molecule has 1 aromatic heterocycles. The summed E-state index contributed by atoms with van der Waals surface area (Å²) in [5, 5.41) is 10.0. The highest BCUT2D eigenvalue weighted by atomic mass is 35.5. The Hall–Kier alpha value is -1.35. The minimum atomic E-state index is -0.294. The van der Waals surface area contributed by atoms with Gasteiger partial charge in [0.1, 0.15) is 17.5 Å². The highest BCUT2D eigenvalue weighted by Gasteiger charge is 2.42. The minimum absolute atomic E-state index is 0.0692. The Morgan fingerprint density at radius 3 is 3.05 bits per heavy atom. The van der Waals surface area contributed by atoms with Crippen LogP contribution in [0.25, 0.3) is 0 Å². The van der Waals surface area contributed by atoms with Crippen LogP contribution in [0.5, 0.6) is 0 Å². The van der Waals surface area contributed by atoms with E-state index >= 15 is 0 Å². The van der Waals surface area contributed by atoms with E-state index in [4.69, 9.17) is 21.1 Å². The standard InChI is InChI=1S/C16H20ClN3O2/c1-11-8-20(9-16(22-11)4-3-5-21-10-16)15-13(6-18)12(2)14(17)7-19-15/h7,11H,3-5,8-10H2,1-2H3/t11-,16+/m1/s1. The molecule has 2 saturated heterocycles. The molecule has 2 fully saturated rings. The van der Waals surface area contributed by atoms with Crippen LogP contribution in [0.3, 0.4) is 0 Å². The Labute approximate surface area is 135 Å². The Bertz CT molecular complexity index is 608. The largest absolute Gasteiger partial charge is 0.378 e. The third-order valence-electron chi connectivity index (χ3n) is 4.36. The lowest BCUT2D eigenvalue weighted by molar-refractivity contribution is -0.160. The molecule has 0 saturated carbocycles. The number of rotatable bonds is 1. The number of nitriles is 1. The zero-order chi connectivity index (χ0) is 15.7. The van der Waals surface area contributed by atoms with Crippen LogP contribution in [0.15, 0.2) is 6.20 Å². The van der Waals surface area contributed by atoms with Crippen LogP contribution < -0.4 is 4.90 Å². The van der Waals surface area contributed by atoms with Gasteiger partial charge in [-0.2, -0.15) is 5.26 Å². The number of halogens is 1. The summed E-state index contributed by atoms with van der Waals surface area (Å²) in [6, 6.07) is 2.25. The van der Waals surface area contributed by atoms with E-state index in [2.05, 4.69) is 22.9 Å². The molecule has 2 aliphatic heterocycles. The first-order valence-electron chi connectivity index (χ1n) is 7.60. The summed E-state index contributed by atoms with van der Waals surface area (Å²) in [6.45, 7) is 6.71. The molecular formula is C16H20ClN3O2. The predicted molar refractivity (Wildman–Crippen MR) is 84.2 cm³/mol. The van der Waals surface area contributed by atoms with Crippen molar-refractivity contribution < 1.29 is 9.47 Å². The van der Waals surface area contributed by atoms with E-state index in [1.807, 2.05) is 6.92 Å². The topological polar surface area (TPSA) is 58.4 Å². The third-order valence-corrected chi connectivity index (χ3v) is 4.74. The monoisotopic (exact) mass is 321 g/mol. The SMILES string of the molecule is Cc1c(Cl)cnc(N2C[C@@H](C)O[C@@]3(CCCOC3)C2)c1C#N. The maximum atomic E-state index is 9.49. The van der Waals surface area contributed by atoms with Crippen molar-refractivity contribution in [2.75, 3.05) is 31.2 Å². The summed E-state index contributed by atoms with van der Waals surface area (Å²) >= 11 is 6.10. The van der Waals surface area contributed by atoms with Gasteiger partial charge in [0.05, 0.1) is 29.8 Å². The molecule has 0 bridgehead atoms. The number of anilines is 1. The van der Waals surface area contributed by atoms with Crippen LogP contribution in [0.1, 0.15) is 30.9 Å². The predicted octanol–water partition coefficient (Wildman–Crippen LogP) is 2.69. The lowest BCUT2D eigenvalue weighted by Gasteiger charge is -2.47. The average molecular weight is 322 g/mol. The number of hydrogen-bond donors (Lipinski definition) is 0. The smallest absolute Gasteiger partial charge is 0.147 e. The molecule has 2 atom stereocenters. The molecule has 2 aliphatic rings. The van der Waals surface area contributed by atoms with Crippen molar-refractivity contribution >= 4 is 17.4 Å². The van der Waals surface area contributed by atoms with Crippen LogP contribution in [-0.2, 0) is 9.47 Å². The van der Waals surface area contributed by atoms with Crippen molar-refractivity contribution in [2.45, 2.75) is 38.4 Å². The van der Waals surface area contributed by atoms with Crippen molar-refractivity contribution in [3.8, 4) is 6.07 Å². The molecule has 0 N–H and O–H groups in total. The van der Waals surface area contributed by atoms with Gasteiger partial charge in [-0.05, 0) is 32.3 Å². The lowest BCUT2D eigenvalue weighted by Crippen LogP contribution is -2.59. The zero-order valence-corrected chi connectivity index (χ0v) is 13.7. The summed E-state index contributed by atoms with van der Waals surface area (Å²) < 4.78 is 11.8. The van der Waals surface area contributed by atoms with E-state index in [-0.39, 0.29) is 11.7 Å². The first-order chi connectivity index (χ1) is 10.5. The van der Waals surface area contributed by atoms with E-state index in [9.17, 15) is 5.26 Å². The van der Waals surface area contributed by atoms with Gasteiger partial charge in [-0.15, -0.1) is 0 Å². The Morgan fingerprint density at radius 1 is 1.55 bits per heavy atom. The Morgan fingerprint density at radius 2 is 2.36 bits per heavy atom. The molecule has 0 aromatic carbocycles. The molecule has 3 heterocycles. The molecular weight excluding hydrogens is 302 g/mol. The van der Waals surface area contributed by atoms with Crippen molar-refractivity contribution in [3.05, 3.63) is 22.3 Å². The molecule has 0 aliphatic carbocycles. The maximum Gasteiger partial charge on any atom is 0.147 e. The second-order valence-corrected chi connectivity index (χ2v) is 6.60. The summed E-state index contributed by atoms with van der Waals surface area (Å²) in [5.74, 6) is 0.699. The molecule has 1 spiro atoms. The molecule has 118 valence electrons. The lowest BCUT2D eigenvalue weighted by atomic mass is 9.93. The fourth-order valence-corrected chi connectivity index (χ4v) is 3.51. The fourth-order valence-electron chi connectivity index (χ4n) is 3.37. The van der Waals surface area contributed by atoms with Gasteiger partial charge in [0.15, 0.2) is 0 Å². The van der Waals surface area contributed by atoms with E-state index in [1.54, 1.807) is 6.20 Å². The number of morpholine rings is 1. The van der Waals surface area contributed by atoms with Crippen molar-refractivity contribution in [1.82, 2.24) is 4.98 Å². The minimum Gasteiger partial charge on any atom is -0.378 e. The summed E-state index contributed by atoms with van der Waals surface area (Å²) in [5.41, 5.74) is 1.04. The van der Waals surface area contributed by atoms with Gasteiger partial charge >= 0.3 is 0 Å². The summed E-state index contributed by atoms with van der Waals surface area (Å²) in [4.78, 5) is 6.56. The van der Waals surface area contributed by atoms with Crippen LogP contribution in [-0.4, -0.2) is 43.0 Å². The van der Waals surface area contributed by atoms with Crippen molar-refractivity contribution in [3.63, 3.8) is 0 Å². The van der Waals surface area contributed by atoms with Crippen molar-refractivity contribution in [1.29, 1.82) is 5.26 Å². The van der Waals surface area contributed by atoms with E-state index in [1.165, 1.54) is 0 Å². The van der Waals surface area contributed by atoms with Gasteiger partial charge in [0.2, 0.25) is 0 Å². The maximum absolute atomic E-state index is 9.49. The highest BCUT2D eigenvalue weighted by Crippen LogP contribution is 2.34. The second kappa shape index (κ2) is 6.04. The first-order valence-corrected chi connectivity index (χ1v) is 7.98. The van der Waals surface area contributed by atoms with E-state index < -0.39 is 0 Å². The van der Waals surface area contributed by atoms with Gasteiger partial charge in [-0.1, -0.05) is 11.6 Å². The normalized spacial score (nSPS) is 28.6.